The maximum atomic E-state index is 13.6. The molecular weight excluding hydrogens is 347 g/mol. The lowest BCUT2D eigenvalue weighted by atomic mass is 9.92. The second-order valence-corrected chi connectivity index (χ2v) is 8.14. The van der Waals surface area contributed by atoms with Gasteiger partial charge in [-0.05, 0) is 44.5 Å². The van der Waals surface area contributed by atoms with E-state index in [0.29, 0.717) is 31.4 Å². The van der Waals surface area contributed by atoms with Crippen LogP contribution in [0.15, 0.2) is 24.3 Å². The number of nitrogens with zero attached hydrogens (tertiary/aromatic N) is 3. The molecule has 1 atom stereocenters. The van der Waals surface area contributed by atoms with E-state index in [1.807, 2.05) is 11.9 Å². The number of benzene rings is 1. The third-order valence-electron chi connectivity index (χ3n) is 6.36. The average Bonchev–Trinajstić information content (AvgIpc) is 3.29. The van der Waals surface area contributed by atoms with Gasteiger partial charge >= 0.3 is 6.03 Å². The number of hydrogen-bond acceptors (Lipinski definition) is 3. The van der Waals surface area contributed by atoms with Crippen LogP contribution < -0.4 is 10.2 Å². The van der Waals surface area contributed by atoms with Gasteiger partial charge in [-0.3, -0.25) is 9.69 Å². The van der Waals surface area contributed by atoms with Crippen LogP contribution >= 0.6 is 0 Å². The van der Waals surface area contributed by atoms with Gasteiger partial charge < -0.3 is 15.1 Å². The number of urea groups is 1. The van der Waals surface area contributed by atoms with E-state index in [-0.39, 0.29) is 29.8 Å². The summed E-state index contributed by atoms with van der Waals surface area (Å²) in [6, 6.07) is 6.46. The fraction of sp³-hybridized carbons (Fsp3) is 0.600. The lowest BCUT2D eigenvalue weighted by Crippen LogP contribution is -2.64. The van der Waals surface area contributed by atoms with Gasteiger partial charge in [0.15, 0.2) is 0 Å². The van der Waals surface area contributed by atoms with Gasteiger partial charge in [0, 0.05) is 31.4 Å². The fourth-order valence-electron chi connectivity index (χ4n) is 4.64. The topological polar surface area (TPSA) is 55.9 Å². The maximum absolute atomic E-state index is 13.6. The molecule has 0 aromatic heterocycles. The fourth-order valence-corrected chi connectivity index (χ4v) is 4.64. The molecule has 2 heterocycles. The van der Waals surface area contributed by atoms with Crippen molar-refractivity contribution in [3.05, 3.63) is 30.1 Å². The molecule has 1 aromatic rings. The zero-order valence-corrected chi connectivity index (χ0v) is 15.8. The molecule has 7 heteroatoms. The van der Waals surface area contributed by atoms with Gasteiger partial charge in [0.1, 0.15) is 5.82 Å². The predicted octanol–water partition coefficient (Wildman–Crippen LogP) is 2.20. The minimum absolute atomic E-state index is 0.00128. The summed E-state index contributed by atoms with van der Waals surface area (Å²) in [6.07, 6.45) is 5.30. The standard InChI is InChI=1S/C20H27FN4O2/c1-23-12-18(26)25(17-8-4-5-15(21)11-17)14-20(23)9-10-24(13-20)19(27)22-16-6-2-3-7-16/h4-5,8,11,16H,2-3,6-7,9-10,12-14H2,1H3,(H,22,27)/t20-/m0/s1. The summed E-state index contributed by atoms with van der Waals surface area (Å²) in [5.41, 5.74) is 0.300. The highest BCUT2D eigenvalue weighted by atomic mass is 19.1. The molecule has 2 aliphatic heterocycles. The second kappa shape index (κ2) is 7.11. The number of likely N-dealkylation sites (tertiary alicyclic amines) is 1. The van der Waals surface area contributed by atoms with Crippen molar-refractivity contribution in [3.63, 3.8) is 0 Å². The van der Waals surface area contributed by atoms with E-state index in [9.17, 15) is 14.0 Å². The first-order chi connectivity index (χ1) is 13.0. The van der Waals surface area contributed by atoms with Crippen LogP contribution in [-0.2, 0) is 4.79 Å². The molecule has 2 saturated heterocycles. The van der Waals surface area contributed by atoms with Gasteiger partial charge in [-0.25, -0.2) is 9.18 Å². The molecule has 1 aliphatic carbocycles. The van der Waals surface area contributed by atoms with Crippen LogP contribution in [0.4, 0.5) is 14.9 Å². The Morgan fingerprint density at radius 1 is 1.26 bits per heavy atom. The first kappa shape index (κ1) is 18.2. The first-order valence-electron chi connectivity index (χ1n) is 9.79. The number of carbonyl (C=O) groups excluding carboxylic acids is 2. The summed E-state index contributed by atoms with van der Waals surface area (Å²) in [4.78, 5) is 30.8. The normalized spacial score (nSPS) is 27.0. The van der Waals surface area contributed by atoms with Crippen LogP contribution in [0.25, 0.3) is 0 Å². The minimum atomic E-state index is -0.350. The molecule has 4 rings (SSSR count). The largest absolute Gasteiger partial charge is 0.335 e. The van der Waals surface area contributed by atoms with E-state index in [1.165, 1.54) is 25.0 Å². The lowest BCUT2D eigenvalue weighted by molar-refractivity contribution is -0.123. The third kappa shape index (κ3) is 3.52. The smallest absolute Gasteiger partial charge is 0.317 e. The lowest BCUT2D eigenvalue weighted by Gasteiger charge is -2.46. The number of halogens is 1. The predicted molar refractivity (Wildman–Crippen MR) is 101 cm³/mol. The highest BCUT2D eigenvalue weighted by Gasteiger charge is 2.48. The summed E-state index contributed by atoms with van der Waals surface area (Å²) in [5.74, 6) is -0.389. The van der Waals surface area contributed by atoms with Crippen LogP contribution in [0.2, 0.25) is 0 Å². The van der Waals surface area contributed by atoms with Gasteiger partial charge in [-0.2, -0.15) is 0 Å². The molecule has 1 aromatic carbocycles. The number of amides is 3. The van der Waals surface area contributed by atoms with Crippen molar-refractivity contribution in [2.75, 3.05) is 38.1 Å². The number of rotatable bonds is 2. The van der Waals surface area contributed by atoms with E-state index in [1.54, 1.807) is 17.0 Å². The Bertz CT molecular complexity index is 736. The minimum Gasteiger partial charge on any atom is -0.335 e. The van der Waals surface area contributed by atoms with E-state index in [2.05, 4.69) is 10.2 Å². The first-order valence-corrected chi connectivity index (χ1v) is 9.79. The van der Waals surface area contributed by atoms with Crippen molar-refractivity contribution in [2.45, 2.75) is 43.7 Å². The van der Waals surface area contributed by atoms with Gasteiger partial charge in [0.05, 0.1) is 12.1 Å². The molecule has 27 heavy (non-hydrogen) atoms. The highest BCUT2D eigenvalue weighted by molar-refractivity contribution is 5.96. The van der Waals surface area contributed by atoms with Crippen molar-refractivity contribution in [1.29, 1.82) is 0 Å². The van der Waals surface area contributed by atoms with Crippen LogP contribution in [-0.4, -0.2) is 66.5 Å². The Morgan fingerprint density at radius 2 is 2.04 bits per heavy atom. The number of likely N-dealkylation sites (N-methyl/N-ethyl adjacent to an activating group) is 1. The number of anilines is 1. The van der Waals surface area contributed by atoms with Gasteiger partial charge in [-0.15, -0.1) is 0 Å². The molecule has 6 nitrogen and oxygen atoms in total. The van der Waals surface area contributed by atoms with Crippen LogP contribution in [0.3, 0.4) is 0 Å². The molecule has 3 amide bonds. The molecule has 3 aliphatic rings. The number of carbonyl (C=O) groups is 2. The zero-order chi connectivity index (χ0) is 19.0. The van der Waals surface area contributed by atoms with Gasteiger partial charge in [0.2, 0.25) is 5.91 Å². The van der Waals surface area contributed by atoms with Crippen LogP contribution in [0, 0.1) is 5.82 Å². The number of piperazine rings is 1. The molecular formula is C20H27FN4O2. The monoisotopic (exact) mass is 374 g/mol. The highest BCUT2D eigenvalue weighted by Crippen LogP contribution is 2.33. The average molecular weight is 374 g/mol. The number of nitrogens with one attached hydrogen (secondary N) is 1. The Hall–Kier alpha value is -2.15. The van der Waals surface area contributed by atoms with E-state index >= 15 is 0 Å². The third-order valence-corrected chi connectivity index (χ3v) is 6.36. The summed E-state index contributed by atoms with van der Waals surface area (Å²) < 4.78 is 13.6. The van der Waals surface area contributed by atoms with Crippen molar-refractivity contribution < 1.29 is 14.0 Å². The summed E-state index contributed by atoms with van der Waals surface area (Å²) in [6.45, 7) is 2.00. The molecule has 1 saturated carbocycles. The molecule has 1 spiro atoms. The second-order valence-electron chi connectivity index (χ2n) is 8.14. The summed E-state index contributed by atoms with van der Waals surface area (Å²) in [7, 11) is 1.94. The van der Waals surface area contributed by atoms with Crippen molar-refractivity contribution in [3.8, 4) is 0 Å². The summed E-state index contributed by atoms with van der Waals surface area (Å²) in [5, 5.41) is 3.16. The van der Waals surface area contributed by atoms with Gasteiger partial charge in [0.25, 0.3) is 0 Å². The van der Waals surface area contributed by atoms with Crippen molar-refractivity contribution in [1.82, 2.24) is 15.1 Å². The molecule has 0 radical (unpaired) electrons. The number of hydrogen-bond donors (Lipinski definition) is 1. The maximum Gasteiger partial charge on any atom is 0.317 e. The summed E-state index contributed by atoms with van der Waals surface area (Å²) >= 11 is 0. The van der Waals surface area contributed by atoms with Crippen LogP contribution in [0.1, 0.15) is 32.1 Å². The SMILES string of the molecule is CN1CC(=O)N(c2cccc(F)c2)C[C@@]12CCN(C(=O)NC1CCCC1)C2. The zero-order valence-electron chi connectivity index (χ0n) is 15.8. The molecule has 146 valence electrons. The molecule has 3 fully saturated rings. The Balaban J connectivity index is 1.48. The quantitative estimate of drug-likeness (QED) is 0.864. The molecule has 1 N–H and O–H groups in total. The molecule has 0 unspecified atom stereocenters. The Morgan fingerprint density at radius 3 is 2.78 bits per heavy atom. The van der Waals surface area contributed by atoms with Crippen molar-refractivity contribution in [2.24, 2.45) is 0 Å². The van der Waals surface area contributed by atoms with E-state index in [4.69, 9.17) is 0 Å². The van der Waals surface area contributed by atoms with E-state index in [0.717, 1.165) is 19.3 Å². The van der Waals surface area contributed by atoms with Crippen molar-refractivity contribution >= 4 is 17.6 Å². The molecule has 0 bridgehead atoms. The Labute approximate surface area is 159 Å². The van der Waals surface area contributed by atoms with E-state index < -0.39 is 0 Å². The Kier molecular flexibility index (Phi) is 4.80. The van der Waals surface area contributed by atoms with Gasteiger partial charge in [-0.1, -0.05) is 18.9 Å². The van der Waals surface area contributed by atoms with Crippen LogP contribution in [0.5, 0.6) is 0 Å².